The van der Waals surface area contributed by atoms with E-state index in [1.807, 2.05) is 31.2 Å². The van der Waals surface area contributed by atoms with Crippen molar-refractivity contribution in [3.8, 4) is 34.8 Å². The normalized spacial score (nSPS) is 10.3. The van der Waals surface area contributed by atoms with Crippen LogP contribution in [0.25, 0.3) is 0 Å². The SMILES string of the molecule is COc1cc(NC(=O)c2ccc(Oc3nccnc3Oc3ccc(C)cc3)cc2)cc(OC)c1. The van der Waals surface area contributed by atoms with Gasteiger partial charge in [0.25, 0.3) is 17.7 Å². The minimum atomic E-state index is -0.287. The Morgan fingerprint density at radius 2 is 1.21 bits per heavy atom. The quantitative estimate of drug-likeness (QED) is 0.366. The lowest BCUT2D eigenvalue weighted by molar-refractivity contribution is 0.102. The van der Waals surface area contributed by atoms with Crippen LogP contribution >= 0.6 is 0 Å². The summed E-state index contributed by atoms with van der Waals surface area (Å²) in [5.74, 6) is 2.41. The van der Waals surface area contributed by atoms with Gasteiger partial charge in [-0.25, -0.2) is 9.97 Å². The number of hydrogen-bond donors (Lipinski definition) is 1. The zero-order valence-corrected chi connectivity index (χ0v) is 18.9. The van der Waals surface area contributed by atoms with E-state index in [-0.39, 0.29) is 17.7 Å². The highest BCUT2D eigenvalue weighted by Crippen LogP contribution is 2.31. The summed E-state index contributed by atoms with van der Waals surface area (Å²) in [6.07, 6.45) is 3.04. The van der Waals surface area contributed by atoms with Crippen molar-refractivity contribution in [2.24, 2.45) is 0 Å². The van der Waals surface area contributed by atoms with E-state index < -0.39 is 0 Å². The average Bonchev–Trinajstić information content (AvgIpc) is 2.86. The van der Waals surface area contributed by atoms with E-state index in [1.54, 1.807) is 56.7 Å². The van der Waals surface area contributed by atoms with Gasteiger partial charge in [0.2, 0.25) is 0 Å². The molecule has 0 fully saturated rings. The van der Waals surface area contributed by atoms with Crippen LogP contribution in [0.2, 0.25) is 0 Å². The molecule has 0 aliphatic heterocycles. The molecular formula is C26H23N3O5. The van der Waals surface area contributed by atoms with Gasteiger partial charge in [0.05, 0.1) is 14.2 Å². The van der Waals surface area contributed by atoms with Crippen molar-refractivity contribution < 1.29 is 23.7 Å². The Morgan fingerprint density at radius 3 is 1.71 bits per heavy atom. The Kier molecular flexibility index (Phi) is 6.88. The van der Waals surface area contributed by atoms with E-state index in [0.717, 1.165) is 5.56 Å². The molecule has 0 atom stereocenters. The van der Waals surface area contributed by atoms with Gasteiger partial charge >= 0.3 is 0 Å². The fourth-order valence-electron chi connectivity index (χ4n) is 3.04. The first-order valence-corrected chi connectivity index (χ1v) is 10.4. The lowest BCUT2D eigenvalue weighted by atomic mass is 10.2. The third kappa shape index (κ3) is 5.60. The molecule has 4 rings (SSSR count). The second-order valence-electron chi connectivity index (χ2n) is 7.26. The Morgan fingerprint density at radius 1 is 0.706 bits per heavy atom. The summed E-state index contributed by atoms with van der Waals surface area (Å²) in [5.41, 5.74) is 2.13. The predicted molar refractivity (Wildman–Crippen MR) is 127 cm³/mol. The van der Waals surface area contributed by atoms with Gasteiger partial charge in [-0.1, -0.05) is 17.7 Å². The molecule has 0 unspecified atom stereocenters. The number of aromatic nitrogens is 2. The van der Waals surface area contributed by atoms with E-state index in [1.165, 1.54) is 12.4 Å². The molecule has 0 bridgehead atoms. The van der Waals surface area contributed by atoms with Crippen molar-refractivity contribution >= 4 is 11.6 Å². The Bertz CT molecular complexity index is 1250. The summed E-state index contributed by atoms with van der Waals surface area (Å²) < 4.78 is 22.2. The van der Waals surface area contributed by atoms with Gasteiger partial charge in [-0.3, -0.25) is 4.79 Å². The lowest BCUT2D eigenvalue weighted by Gasteiger charge is -2.11. The number of anilines is 1. The highest BCUT2D eigenvalue weighted by Gasteiger charge is 2.13. The van der Waals surface area contributed by atoms with Gasteiger partial charge in [-0.05, 0) is 43.3 Å². The monoisotopic (exact) mass is 457 g/mol. The minimum Gasteiger partial charge on any atom is -0.497 e. The smallest absolute Gasteiger partial charge is 0.284 e. The molecule has 1 amide bonds. The molecule has 0 saturated carbocycles. The van der Waals surface area contributed by atoms with Crippen molar-refractivity contribution in [1.29, 1.82) is 0 Å². The number of carbonyl (C=O) groups excluding carboxylic acids is 1. The largest absolute Gasteiger partial charge is 0.497 e. The third-order valence-electron chi connectivity index (χ3n) is 4.81. The molecule has 1 heterocycles. The van der Waals surface area contributed by atoms with Crippen molar-refractivity contribution in [2.45, 2.75) is 6.92 Å². The Balaban J connectivity index is 1.45. The molecule has 4 aromatic rings. The predicted octanol–water partition coefficient (Wildman–Crippen LogP) is 5.64. The zero-order chi connectivity index (χ0) is 23.9. The summed E-state index contributed by atoms with van der Waals surface area (Å²) in [7, 11) is 3.10. The average molecular weight is 457 g/mol. The molecule has 34 heavy (non-hydrogen) atoms. The molecule has 0 spiro atoms. The van der Waals surface area contributed by atoms with Crippen molar-refractivity contribution in [2.75, 3.05) is 19.5 Å². The van der Waals surface area contributed by atoms with E-state index in [0.29, 0.717) is 34.2 Å². The van der Waals surface area contributed by atoms with Gasteiger partial charge in [0, 0.05) is 41.8 Å². The number of nitrogens with zero attached hydrogens (tertiary/aromatic N) is 2. The van der Waals surface area contributed by atoms with Crippen LogP contribution < -0.4 is 24.3 Å². The maximum atomic E-state index is 12.7. The highest BCUT2D eigenvalue weighted by molar-refractivity contribution is 6.04. The van der Waals surface area contributed by atoms with E-state index in [9.17, 15) is 4.79 Å². The Hall–Kier alpha value is -4.59. The maximum absolute atomic E-state index is 12.7. The van der Waals surface area contributed by atoms with E-state index in [2.05, 4.69) is 15.3 Å². The number of aryl methyl sites for hydroxylation is 1. The summed E-state index contributed by atoms with van der Waals surface area (Å²) >= 11 is 0. The number of benzene rings is 3. The molecular weight excluding hydrogens is 434 g/mol. The number of carbonyl (C=O) groups is 1. The lowest BCUT2D eigenvalue weighted by Crippen LogP contribution is -2.12. The van der Waals surface area contributed by atoms with E-state index >= 15 is 0 Å². The summed E-state index contributed by atoms with van der Waals surface area (Å²) in [6, 6.07) is 19.4. The molecule has 0 radical (unpaired) electrons. The highest BCUT2D eigenvalue weighted by atomic mass is 16.5. The topological polar surface area (TPSA) is 91.8 Å². The van der Waals surface area contributed by atoms with Crippen LogP contribution in [0.15, 0.2) is 79.1 Å². The Labute approximate surface area is 197 Å². The standard InChI is InChI=1S/C26H23N3O5/c1-17-4-8-20(9-5-17)33-25-26(28-13-12-27-25)34-21-10-6-18(7-11-21)24(30)29-19-14-22(31-2)16-23(15-19)32-3/h4-16H,1-3H3,(H,29,30). The first kappa shape index (κ1) is 22.6. The first-order chi connectivity index (χ1) is 16.5. The number of methoxy groups -OCH3 is 2. The molecule has 172 valence electrons. The number of rotatable bonds is 8. The summed E-state index contributed by atoms with van der Waals surface area (Å²) in [4.78, 5) is 21.1. The van der Waals surface area contributed by atoms with Gasteiger partial charge in [-0.15, -0.1) is 0 Å². The summed E-state index contributed by atoms with van der Waals surface area (Å²) in [6.45, 7) is 2.00. The van der Waals surface area contributed by atoms with Crippen LogP contribution in [-0.2, 0) is 0 Å². The first-order valence-electron chi connectivity index (χ1n) is 10.4. The van der Waals surface area contributed by atoms with E-state index in [4.69, 9.17) is 18.9 Å². The van der Waals surface area contributed by atoms with Crippen molar-refractivity contribution in [3.05, 3.63) is 90.3 Å². The fourth-order valence-corrected chi connectivity index (χ4v) is 3.04. The number of hydrogen-bond acceptors (Lipinski definition) is 7. The molecule has 1 N–H and O–H groups in total. The van der Waals surface area contributed by atoms with Crippen molar-refractivity contribution in [1.82, 2.24) is 9.97 Å². The summed E-state index contributed by atoms with van der Waals surface area (Å²) in [5, 5.41) is 2.84. The minimum absolute atomic E-state index is 0.212. The second kappa shape index (κ2) is 10.4. The number of amides is 1. The van der Waals surface area contributed by atoms with Gasteiger partial charge in [0.15, 0.2) is 0 Å². The fraction of sp³-hybridized carbons (Fsp3) is 0.115. The molecule has 0 aliphatic carbocycles. The number of nitrogens with one attached hydrogen (secondary N) is 1. The van der Waals surface area contributed by atoms with Crippen molar-refractivity contribution in [3.63, 3.8) is 0 Å². The molecule has 3 aromatic carbocycles. The van der Waals surface area contributed by atoms with Crippen LogP contribution in [0, 0.1) is 6.92 Å². The van der Waals surface area contributed by atoms with Gasteiger partial charge in [0.1, 0.15) is 23.0 Å². The van der Waals surface area contributed by atoms with Crippen LogP contribution in [-0.4, -0.2) is 30.1 Å². The zero-order valence-electron chi connectivity index (χ0n) is 18.9. The molecule has 0 aliphatic rings. The molecule has 0 saturated heterocycles. The van der Waals surface area contributed by atoms with Crippen LogP contribution in [0.5, 0.6) is 34.8 Å². The second-order valence-corrected chi connectivity index (χ2v) is 7.26. The van der Waals surface area contributed by atoms with Gasteiger partial charge in [-0.2, -0.15) is 0 Å². The van der Waals surface area contributed by atoms with Crippen LogP contribution in [0.3, 0.4) is 0 Å². The van der Waals surface area contributed by atoms with Gasteiger partial charge < -0.3 is 24.3 Å². The molecule has 8 nitrogen and oxygen atoms in total. The van der Waals surface area contributed by atoms with Crippen LogP contribution in [0.1, 0.15) is 15.9 Å². The third-order valence-corrected chi connectivity index (χ3v) is 4.81. The number of ether oxygens (including phenoxy) is 4. The molecule has 8 heteroatoms. The molecule has 1 aromatic heterocycles. The maximum Gasteiger partial charge on any atom is 0.284 e. The van der Waals surface area contributed by atoms with Crippen LogP contribution in [0.4, 0.5) is 5.69 Å².